The molecule has 136 valence electrons. The monoisotopic (exact) mass is 348 g/mol. The van der Waals surface area contributed by atoms with Crippen LogP contribution in [0.1, 0.15) is 44.2 Å². The molecule has 2 atom stereocenters. The zero-order chi connectivity index (χ0) is 18.5. The number of carbonyl (C=O) groups is 1. The van der Waals surface area contributed by atoms with Gasteiger partial charge in [0.25, 0.3) is 0 Å². The Morgan fingerprint density at radius 1 is 1.15 bits per heavy atom. The van der Waals surface area contributed by atoms with E-state index in [0.29, 0.717) is 12.5 Å². The topological polar surface area (TPSA) is 41.5 Å². The molecule has 0 radical (unpaired) electrons. The summed E-state index contributed by atoms with van der Waals surface area (Å²) < 4.78 is 0. The number of fused-ring (bicyclic) bond motifs is 1. The van der Waals surface area contributed by atoms with E-state index in [1.54, 1.807) is 0 Å². The second-order valence-corrected chi connectivity index (χ2v) is 7.55. The van der Waals surface area contributed by atoms with E-state index < -0.39 is 0 Å². The minimum absolute atomic E-state index is 0.0813. The van der Waals surface area contributed by atoms with Gasteiger partial charge in [-0.3, -0.25) is 9.79 Å². The van der Waals surface area contributed by atoms with Crippen molar-refractivity contribution in [2.45, 2.75) is 45.6 Å². The summed E-state index contributed by atoms with van der Waals surface area (Å²) in [5.74, 6) is 0.589. The molecule has 1 aromatic carbocycles. The van der Waals surface area contributed by atoms with Crippen molar-refractivity contribution in [1.29, 1.82) is 0 Å². The fourth-order valence-electron chi connectivity index (χ4n) is 3.45. The molecular weight excluding hydrogens is 320 g/mol. The highest BCUT2D eigenvalue weighted by Crippen LogP contribution is 2.25. The molecule has 1 amide bonds. The Kier molecular flexibility index (Phi) is 5.87. The van der Waals surface area contributed by atoms with Crippen LogP contribution < -0.4 is 5.32 Å². The molecule has 3 nitrogen and oxygen atoms in total. The molecule has 0 saturated heterocycles. The lowest BCUT2D eigenvalue weighted by Crippen LogP contribution is -2.29. The van der Waals surface area contributed by atoms with Gasteiger partial charge in [-0.05, 0) is 48.0 Å². The molecule has 0 bridgehead atoms. The highest BCUT2D eigenvalue weighted by atomic mass is 16.1. The van der Waals surface area contributed by atoms with Gasteiger partial charge in [0.1, 0.15) is 0 Å². The zero-order valence-electron chi connectivity index (χ0n) is 15.9. The third-order valence-corrected chi connectivity index (χ3v) is 4.97. The van der Waals surface area contributed by atoms with Crippen molar-refractivity contribution in [2.24, 2.45) is 10.9 Å². The quantitative estimate of drug-likeness (QED) is 0.781. The molecule has 0 saturated carbocycles. The Labute approximate surface area is 156 Å². The minimum Gasteiger partial charge on any atom is -0.355 e. The lowest BCUT2D eigenvalue weighted by Gasteiger charge is -2.14. The fraction of sp³-hybridized carbons (Fsp3) is 0.391. The van der Waals surface area contributed by atoms with Crippen molar-refractivity contribution >= 4 is 12.1 Å². The van der Waals surface area contributed by atoms with Crippen LogP contribution in [0.2, 0.25) is 0 Å². The van der Waals surface area contributed by atoms with Crippen molar-refractivity contribution in [1.82, 2.24) is 5.32 Å². The molecule has 3 rings (SSSR count). The minimum atomic E-state index is -0.136. The third kappa shape index (κ3) is 4.40. The van der Waals surface area contributed by atoms with Crippen molar-refractivity contribution in [3.05, 3.63) is 70.8 Å². The number of allylic oxidation sites excluding steroid dienone is 2. The third-order valence-electron chi connectivity index (χ3n) is 4.97. The van der Waals surface area contributed by atoms with Gasteiger partial charge in [-0.15, -0.1) is 0 Å². The first-order chi connectivity index (χ1) is 12.5. The second kappa shape index (κ2) is 8.31. The number of hydrogen-bond acceptors (Lipinski definition) is 2. The summed E-state index contributed by atoms with van der Waals surface area (Å²) in [5.41, 5.74) is 4.88. The standard InChI is InChI=1S/C23H28N2O/c1-16(2)14-18-8-10-19(11-9-18)17(3)23(26)24-13-12-20-15-25-22-7-5-4-6-21(20)22/h4-11,15-17,22H,12-14H2,1-3H3,(H,24,26). The molecule has 2 unspecified atom stereocenters. The van der Waals surface area contributed by atoms with Crippen molar-refractivity contribution in [2.75, 3.05) is 6.54 Å². The maximum Gasteiger partial charge on any atom is 0.227 e. The lowest BCUT2D eigenvalue weighted by atomic mass is 9.96. The lowest BCUT2D eigenvalue weighted by molar-refractivity contribution is -0.122. The summed E-state index contributed by atoms with van der Waals surface area (Å²) in [6.07, 6.45) is 12.1. The molecule has 0 aromatic heterocycles. The zero-order valence-corrected chi connectivity index (χ0v) is 15.9. The first kappa shape index (κ1) is 18.4. The molecule has 1 aromatic rings. The Morgan fingerprint density at radius 3 is 2.65 bits per heavy atom. The smallest absolute Gasteiger partial charge is 0.227 e. The number of carbonyl (C=O) groups excluding carboxylic acids is 1. The summed E-state index contributed by atoms with van der Waals surface area (Å²) >= 11 is 0. The van der Waals surface area contributed by atoms with Gasteiger partial charge in [-0.2, -0.15) is 0 Å². The predicted molar refractivity (Wildman–Crippen MR) is 109 cm³/mol. The van der Waals surface area contributed by atoms with E-state index in [9.17, 15) is 4.79 Å². The van der Waals surface area contributed by atoms with Crippen LogP contribution in [0.15, 0.2) is 64.7 Å². The van der Waals surface area contributed by atoms with Crippen LogP contribution in [0.25, 0.3) is 0 Å². The predicted octanol–water partition coefficient (Wildman–Crippen LogP) is 4.37. The number of nitrogens with one attached hydrogen (secondary N) is 1. The van der Waals surface area contributed by atoms with Gasteiger partial charge in [-0.1, -0.05) is 62.4 Å². The maximum atomic E-state index is 12.5. The molecule has 1 N–H and O–H groups in total. The Morgan fingerprint density at radius 2 is 1.92 bits per heavy atom. The van der Waals surface area contributed by atoms with Crippen molar-refractivity contribution in [3.63, 3.8) is 0 Å². The Balaban J connectivity index is 1.51. The van der Waals surface area contributed by atoms with E-state index in [1.807, 2.05) is 25.3 Å². The molecule has 1 heterocycles. The summed E-state index contributed by atoms with van der Waals surface area (Å²) in [4.78, 5) is 17.0. The van der Waals surface area contributed by atoms with E-state index in [4.69, 9.17) is 0 Å². The average molecular weight is 348 g/mol. The largest absolute Gasteiger partial charge is 0.355 e. The molecular formula is C23H28N2O. The highest BCUT2D eigenvalue weighted by Gasteiger charge is 2.19. The van der Waals surface area contributed by atoms with Gasteiger partial charge in [0, 0.05) is 12.8 Å². The van der Waals surface area contributed by atoms with E-state index in [-0.39, 0.29) is 17.9 Å². The van der Waals surface area contributed by atoms with Crippen LogP contribution >= 0.6 is 0 Å². The maximum absolute atomic E-state index is 12.5. The van der Waals surface area contributed by atoms with Crippen LogP contribution in [0, 0.1) is 5.92 Å². The SMILES string of the molecule is CC(C)Cc1ccc(C(C)C(=O)NCCC2=C3C=CC=CC3N=C2)cc1. The average Bonchev–Trinajstić information content (AvgIpc) is 3.04. The number of rotatable bonds is 7. The highest BCUT2D eigenvalue weighted by molar-refractivity contribution is 5.86. The molecule has 3 heteroatoms. The van der Waals surface area contributed by atoms with E-state index in [1.165, 1.54) is 16.7 Å². The van der Waals surface area contributed by atoms with Gasteiger partial charge in [0.2, 0.25) is 5.91 Å². The van der Waals surface area contributed by atoms with Gasteiger partial charge in [0.05, 0.1) is 12.0 Å². The van der Waals surface area contributed by atoms with Gasteiger partial charge in [0.15, 0.2) is 0 Å². The van der Waals surface area contributed by atoms with Gasteiger partial charge < -0.3 is 5.32 Å². The number of amides is 1. The van der Waals surface area contributed by atoms with Crippen LogP contribution in [0.3, 0.4) is 0 Å². The second-order valence-electron chi connectivity index (χ2n) is 7.55. The van der Waals surface area contributed by atoms with Crippen LogP contribution in [0.4, 0.5) is 0 Å². The van der Waals surface area contributed by atoms with E-state index >= 15 is 0 Å². The van der Waals surface area contributed by atoms with Gasteiger partial charge >= 0.3 is 0 Å². The van der Waals surface area contributed by atoms with Crippen LogP contribution in [-0.2, 0) is 11.2 Å². The number of aliphatic imine (C=N–C) groups is 1. The summed E-state index contributed by atoms with van der Waals surface area (Å²) in [5, 5.41) is 3.07. The van der Waals surface area contributed by atoms with Crippen LogP contribution in [0.5, 0.6) is 0 Å². The Bertz CT molecular complexity index is 766. The first-order valence-corrected chi connectivity index (χ1v) is 9.52. The summed E-state index contributed by atoms with van der Waals surface area (Å²) in [6, 6.07) is 8.63. The molecule has 0 spiro atoms. The number of hydrogen-bond donors (Lipinski definition) is 1. The molecule has 2 aliphatic rings. The molecule has 1 aliphatic carbocycles. The molecule has 26 heavy (non-hydrogen) atoms. The molecule has 1 aliphatic heterocycles. The van der Waals surface area contributed by atoms with E-state index in [2.05, 4.69) is 60.6 Å². The fourth-order valence-corrected chi connectivity index (χ4v) is 3.45. The van der Waals surface area contributed by atoms with E-state index in [0.717, 1.165) is 18.4 Å². The van der Waals surface area contributed by atoms with Crippen molar-refractivity contribution < 1.29 is 4.79 Å². The summed E-state index contributed by atoms with van der Waals surface area (Å²) in [6.45, 7) is 7.05. The first-order valence-electron chi connectivity index (χ1n) is 9.52. The number of benzene rings is 1. The van der Waals surface area contributed by atoms with Gasteiger partial charge in [-0.25, -0.2) is 0 Å². The summed E-state index contributed by atoms with van der Waals surface area (Å²) in [7, 11) is 0. The normalized spacial score (nSPS) is 19.2. The van der Waals surface area contributed by atoms with Crippen molar-refractivity contribution in [3.8, 4) is 0 Å². The Hall–Kier alpha value is -2.42. The van der Waals surface area contributed by atoms with Crippen LogP contribution in [-0.4, -0.2) is 24.7 Å². The molecule has 0 fully saturated rings. The number of nitrogens with zero attached hydrogens (tertiary/aromatic N) is 1.